The van der Waals surface area contributed by atoms with Gasteiger partial charge in [-0.15, -0.1) is 21.5 Å². The van der Waals surface area contributed by atoms with Crippen molar-refractivity contribution in [2.45, 2.75) is 19.9 Å². The molecule has 146 valence electrons. The minimum atomic E-state index is -0.0985. The molecule has 0 fully saturated rings. The lowest BCUT2D eigenvalue weighted by atomic mass is 10.2. The maximum absolute atomic E-state index is 12.2. The van der Waals surface area contributed by atoms with E-state index in [1.807, 2.05) is 48.7 Å². The third kappa shape index (κ3) is 5.04. The lowest BCUT2D eigenvalue weighted by molar-refractivity contribution is -0.115. The van der Waals surface area contributed by atoms with Gasteiger partial charge in [-0.3, -0.25) is 4.79 Å². The summed E-state index contributed by atoms with van der Waals surface area (Å²) >= 11 is 7.34. The van der Waals surface area contributed by atoms with Gasteiger partial charge in [0.1, 0.15) is 11.6 Å². The second kappa shape index (κ2) is 8.50. The van der Waals surface area contributed by atoms with E-state index in [1.165, 1.54) is 16.1 Å². The first-order valence-corrected chi connectivity index (χ1v) is 10.1. The number of anilines is 1. The molecule has 9 heteroatoms. The Balaban J connectivity index is 1.36. The van der Waals surface area contributed by atoms with Crippen LogP contribution in [0.15, 0.2) is 53.9 Å². The molecule has 29 heavy (non-hydrogen) atoms. The Morgan fingerprint density at radius 1 is 1.14 bits per heavy atom. The second-order valence-corrected chi connectivity index (χ2v) is 7.85. The summed E-state index contributed by atoms with van der Waals surface area (Å²) in [5.74, 6) is 0.424. The predicted octanol–water partition coefficient (Wildman–Crippen LogP) is 3.99. The molecule has 0 aliphatic carbocycles. The van der Waals surface area contributed by atoms with Crippen molar-refractivity contribution in [2.24, 2.45) is 0 Å². The summed E-state index contributed by atoms with van der Waals surface area (Å²) in [6, 6.07) is 14.9. The molecule has 0 bridgehead atoms. The van der Waals surface area contributed by atoms with Gasteiger partial charge in [-0.25, -0.2) is 4.98 Å². The maximum Gasteiger partial charge on any atom is 0.231 e. The highest BCUT2D eigenvalue weighted by Gasteiger charge is 2.11. The van der Waals surface area contributed by atoms with Crippen LogP contribution in [0.1, 0.15) is 16.3 Å². The number of aromatic nitrogens is 5. The number of benzene rings is 2. The summed E-state index contributed by atoms with van der Waals surface area (Å²) in [6.07, 6.45) is 0.222. The Hall–Kier alpha value is -3.10. The smallest absolute Gasteiger partial charge is 0.231 e. The van der Waals surface area contributed by atoms with Crippen molar-refractivity contribution in [1.29, 1.82) is 0 Å². The largest absolute Gasteiger partial charge is 0.326 e. The molecule has 0 saturated heterocycles. The normalized spacial score (nSPS) is 10.8. The number of tetrazole rings is 1. The SMILES string of the molecule is Cc1ccc(NC(=O)Cc2nc(Cn3nnc(-c4ccc(Cl)cc4)n3)cs2)cc1. The van der Waals surface area contributed by atoms with E-state index >= 15 is 0 Å². The molecule has 2 heterocycles. The quantitative estimate of drug-likeness (QED) is 0.505. The van der Waals surface area contributed by atoms with Gasteiger partial charge in [0.2, 0.25) is 11.7 Å². The Bertz CT molecular complexity index is 1120. The predicted molar refractivity (Wildman–Crippen MR) is 113 cm³/mol. The van der Waals surface area contributed by atoms with E-state index in [2.05, 4.69) is 25.7 Å². The Kier molecular flexibility index (Phi) is 5.64. The van der Waals surface area contributed by atoms with Gasteiger partial charge in [-0.1, -0.05) is 29.3 Å². The van der Waals surface area contributed by atoms with Crippen molar-refractivity contribution in [1.82, 2.24) is 25.2 Å². The van der Waals surface area contributed by atoms with E-state index in [0.717, 1.165) is 27.5 Å². The zero-order chi connectivity index (χ0) is 20.2. The molecule has 0 saturated carbocycles. The van der Waals surface area contributed by atoms with Crippen molar-refractivity contribution in [2.75, 3.05) is 5.32 Å². The third-order valence-corrected chi connectivity index (χ3v) is 5.25. The summed E-state index contributed by atoms with van der Waals surface area (Å²) in [7, 11) is 0. The highest BCUT2D eigenvalue weighted by Crippen LogP contribution is 2.18. The molecule has 0 unspecified atom stereocenters. The number of hydrogen-bond acceptors (Lipinski definition) is 6. The second-order valence-electron chi connectivity index (χ2n) is 6.47. The zero-order valence-electron chi connectivity index (χ0n) is 15.5. The average Bonchev–Trinajstić information content (AvgIpc) is 3.34. The number of thiazole rings is 1. The summed E-state index contributed by atoms with van der Waals surface area (Å²) in [6.45, 7) is 2.39. The molecule has 0 atom stereocenters. The fourth-order valence-corrected chi connectivity index (χ4v) is 3.56. The molecule has 0 aliphatic heterocycles. The number of aryl methyl sites for hydroxylation is 1. The lowest BCUT2D eigenvalue weighted by Gasteiger charge is -2.04. The number of nitrogens with one attached hydrogen (secondary N) is 1. The molecule has 1 N–H and O–H groups in total. The number of hydrogen-bond donors (Lipinski definition) is 1. The maximum atomic E-state index is 12.2. The van der Waals surface area contributed by atoms with Crippen LogP contribution in [0.2, 0.25) is 5.02 Å². The van der Waals surface area contributed by atoms with Crippen LogP contribution in [-0.2, 0) is 17.8 Å². The summed E-state index contributed by atoms with van der Waals surface area (Å²) in [4.78, 5) is 18.2. The van der Waals surface area contributed by atoms with Crippen LogP contribution in [0.4, 0.5) is 5.69 Å². The topological polar surface area (TPSA) is 85.6 Å². The van der Waals surface area contributed by atoms with Crippen LogP contribution in [0.5, 0.6) is 0 Å². The lowest BCUT2D eigenvalue weighted by Crippen LogP contribution is -2.14. The molecule has 7 nitrogen and oxygen atoms in total. The molecule has 0 radical (unpaired) electrons. The zero-order valence-corrected chi connectivity index (χ0v) is 17.1. The van der Waals surface area contributed by atoms with E-state index in [4.69, 9.17) is 11.6 Å². The van der Waals surface area contributed by atoms with Gasteiger partial charge in [0.05, 0.1) is 12.1 Å². The molecule has 4 aromatic rings. The molecule has 2 aromatic heterocycles. The van der Waals surface area contributed by atoms with Crippen LogP contribution in [0.25, 0.3) is 11.4 Å². The third-order valence-electron chi connectivity index (χ3n) is 4.11. The Morgan fingerprint density at radius 3 is 2.66 bits per heavy atom. The first-order chi connectivity index (χ1) is 14.0. The first-order valence-electron chi connectivity index (χ1n) is 8.89. The number of rotatable bonds is 6. The summed E-state index contributed by atoms with van der Waals surface area (Å²) in [5.41, 5.74) is 3.55. The highest BCUT2D eigenvalue weighted by atomic mass is 35.5. The van der Waals surface area contributed by atoms with Gasteiger partial charge in [-0.2, -0.15) is 4.80 Å². The minimum Gasteiger partial charge on any atom is -0.326 e. The van der Waals surface area contributed by atoms with Crippen molar-refractivity contribution >= 4 is 34.5 Å². The minimum absolute atomic E-state index is 0.0985. The van der Waals surface area contributed by atoms with Gasteiger partial charge in [-0.05, 0) is 48.5 Å². The number of halogens is 1. The molecular weight excluding hydrogens is 408 g/mol. The van der Waals surface area contributed by atoms with Gasteiger partial charge in [0, 0.05) is 21.7 Å². The fourth-order valence-electron chi connectivity index (χ4n) is 2.65. The number of nitrogens with zero attached hydrogens (tertiary/aromatic N) is 5. The Labute approximate surface area is 176 Å². The van der Waals surface area contributed by atoms with E-state index in [1.54, 1.807) is 12.1 Å². The van der Waals surface area contributed by atoms with Crippen molar-refractivity contribution in [3.8, 4) is 11.4 Å². The molecule has 4 rings (SSSR count). The van der Waals surface area contributed by atoms with E-state index < -0.39 is 0 Å². The van der Waals surface area contributed by atoms with Crippen LogP contribution in [0, 0.1) is 6.92 Å². The Morgan fingerprint density at radius 2 is 1.90 bits per heavy atom. The monoisotopic (exact) mass is 424 g/mol. The van der Waals surface area contributed by atoms with Crippen molar-refractivity contribution in [3.63, 3.8) is 0 Å². The number of carbonyl (C=O) groups excluding carboxylic acids is 1. The van der Waals surface area contributed by atoms with Crippen molar-refractivity contribution in [3.05, 3.63) is 75.2 Å². The van der Waals surface area contributed by atoms with Gasteiger partial charge in [0.15, 0.2) is 0 Å². The van der Waals surface area contributed by atoms with E-state index in [-0.39, 0.29) is 12.3 Å². The summed E-state index contributed by atoms with van der Waals surface area (Å²) in [5, 5.41) is 18.7. The van der Waals surface area contributed by atoms with E-state index in [9.17, 15) is 4.79 Å². The highest BCUT2D eigenvalue weighted by molar-refractivity contribution is 7.09. The average molecular weight is 425 g/mol. The van der Waals surface area contributed by atoms with E-state index in [0.29, 0.717) is 17.4 Å². The fraction of sp³-hybridized carbons (Fsp3) is 0.150. The number of amides is 1. The summed E-state index contributed by atoms with van der Waals surface area (Å²) < 4.78 is 0. The van der Waals surface area contributed by atoms with Crippen molar-refractivity contribution < 1.29 is 4.79 Å². The standard InChI is InChI=1S/C20H17ClN6OS/c1-13-2-8-16(9-3-13)22-18(28)10-19-23-17(12-29-19)11-27-25-20(24-26-27)14-4-6-15(21)7-5-14/h2-9,12H,10-11H2,1H3,(H,22,28). The molecule has 0 spiro atoms. The van der Waals surface area contributed by atoms with Crippen LogP contribution >= 0.6 is 22.9 Å². The van der Waals surface area contributed by atoms with Crippen LogP contribution in [-0.4, -0.2) is 31.1 Å². The van der Waals surface area contributed by atoms with Gasteiger partial charge in [0.25, 0.3) is 0 Å². The van der Waals surface area contributed by atoms with Crippen LogP contribution in [0.3, 0.4) is 0 Å². The van der Waals surface area contributed by atoms with Gasteiger partial charge < -0.3 is 5.32 Å². The molecule has 1 amide bonds. The molecule has 2 aromatic carbocycles. The molecule has 0 aliphatic rings. The number of carbonyl (C=O) groups is 1. The van der Waals surface area contributed by atoms with Crippen LogP contribution < -0.4 is 5.32 Å². The van der Waals surface area contributed by atoms with Gasteiger partial charge >= 0.3 is 0 Å². The molecular formula is C20H17ClN6OS. The first kappa shape index (κ1) is 19.2.